The molecule has 0 bridgehead atoms. The van der Waals surface area contributed by atoms with Gasteiger partial charge in [-0.15, -0.1) is 0 Å². The van der Waals surface area contributed by atoms with Crippen LogP contribution in [0, 0.1) is 5.41 Å². The number of ether oxygens (including phenoxy) is 1. The van der Waals surface area contributed by atoms with Crippen molar-refractivity contribution in [2.45, 2.75) is 40.3 Å². The van der Waals surface area contributed by atoms with Crippen molar-refractivity contribution in [1.82, 2.24) is 9.55 Å². The summed E-state index contributed by atoms with van der Waals surface area (Å²) in [6.45, 7) is 7.40. The van der Waals surface area contributed by atoms with E-state index in [-0.39, 0.29) is 12.6 Å². The van der Waals surface area contributed by atoms with Gasteiger partial charge in [-0.1, -0.05) is 23.2 Å². The first kappa shape index (κ1) is 19.4. The summed E-state index contributed by atoms with van der Waals surface area (Å²) in [7, 11) is 1.43. The molecule has 0 saturated carbocycles. The molecule has 1 aromatic carbocycles. The minimum Gasteiger partial charge on any atom is -0.467 e. The average molecular weight is 390 g/mol. The van der Waals surface area contributed by atoms with E-state index in [9.17, 15) is 5.11 Å². The number of methoxy groups -OCH3 is 1. The van der Waals surface area contributed by atoms with Crippen molar-refractivity contribution in [3.8, 4) is 0 Å². The molecule has 0 saturated heterocycles. The second-order valence-electron chi connectivity index (χ2n) is 6.69. The first-order valence-electron chi connectivity index (χ1n) is 8.80. The maximum absolute atomic E-state index is 9.76. The first-order chi connectivity index (χ1) is 12.9. The second kappa shape index (κ2) is 7.70. The Morgan fingerprint density at radius 1 is 1.33 bits per heavy atom. The molecule has 8 heteroatoms. The van der Waals surface area contributed by atoms with Crippen LogP contribution in [-0.2, 0) is 17.9 Å². The Morgan fingerprint density at radius 2 is 2.07 bits per heavy atom. The van der Waals surface area contributed by atoms with Crippen LogP contribution in [0.25, 0.3) is 11.0 Å². The Morgan fingerprint density at radius 3 is 2.70 bits per heavy atom. The molecule has 3 rings (SSSR count). The van der Waals surface area contributed by atoms with Gasteiger partial charge in [-0.05, 0) is 33.3 Å². The lowest BCUT2D eigenvalue weighted by Gasteiger charge is -2.32. The number of benzene rings is 1. The van der Waals surface area contributed by atoms with Gasteiger partial charge in [0.15, 0.2) is 0 Å². The van der Waals surface area contributed by atoms with Crippen molar-refractivity contribution in [3.63, 3.8) is 0 Å². The van der Waals surface area contributed by atoms with Crippen LogP contribution >= 0.6 is 11.6 Å². The molecule has 2 heterocycles. The largest absolute Gasteiger partial charge is 0.467 e. The Labute approximate surface area is 163 Å². The fourth-order valence-corrected chi connectivity index (χ4v) is 3.78. The van der Waals surface area contributed by atoms with Crippen LogP contribution in [0.2, 0.25) is 5.02 Å². The number of aromatic nitrogens is 2. The zero-order valence-electron chi connectivity index (χ0n) is 16.0. The van der Waals surface area contributed by atoms with Crippen LogP contribution in [0.4, 0.5) is 5.95 Å². The molecule has 0 amide bonds. The van der Waals surface area contributed by atoms with Crippen LogP contribution in [0.5, 0.6) is 0 Å². The number of halogens is 1. The van der Waals surface area contributed by atoms with Crippen molar-refractivity contribution in [2.24, 2.45) is 4.99 Å². The van der Waals surface area contributed by atoms with E-state index in [4.69, 9.17) is 26.7 Å². The molecule has 0 fully saturated rings. The van der Waals surface area contributed by atoms with E-state index in [0.717, 1.165) is 47.8 Å². The van der Waals surface area contributed by atoms with Gasteiger partial charge in [0.25, 0.3) is 0 Å². The summed E-state index contributed by atoms with van der Waals surface area (Å²) in [5.74, 6) is 0.772. The van der Waals surface area contributed by atoms with Crippen LogP contribution in [-0.4, -0.2) is 40.0 Å². The Hall–Kier alpha value is -2.38. The molecule has 27 heavy (non-hydrogen) atoms. The molecule has 2 N–H and O–H groups in total. The summed E-state index contributed by atoms with van der Waals surface area (Å²) in [5.41, 5.74) is 5.04. The lowest BCUT2D eigenvalue weighted by atomic mass is 10.1. The number of fused-ring (bicyclic) bond motifs is 3. The van der Waals surface area contributed by atoms with E-state index in [2.05, 4.69) is 14.5 Å². The topological polar surface area (TPSA) is 86.7 Å². The maximum Gasteiger partial charge on any atom is 0.308 e. The standard InChI is InChI=1S/C19H24ClN5O2/c1-11(2)16(12(3)22-18(21)27-4)24-8-5-9-25-17-13(10-26)6-7-14(20)15(17)23-19(24)25/h6-7,21,26H,5,8-10H2,1-4H3. The molecule has 1 aromatic heterocycles. The lowest BCUT2D eigenvalue weighted by Crippen LogP contribution is -2.35. The predicted octanol–water partition coefficient (Wildman–Crippen LogP) is 3.73. The molecule has 1 aliphatic rings. The molecule has 0 atom stereocenters. The molecule has 2 aromatic rings. The monoisotopic (exact) mass is 389 g/mol. The third-order valence-corrected chi connectivity index (χ3v) is 4.94. The molecule has 0 spiro atoms. The SMILES string of the molecule is COC(=N)N=C(C)C(=C(C)C)N1CCCn2c1nc1c(Cl)ccc(CO)c12. The number of nitrogens with one attached hydrogen (secondary N) is 1. The number of aliphatic hydroxyl groups is 1. The van der Waals surface area contributed by atoms with Crippen LogP contribution < -0.4 is 4.90 Å². The fraction of sp³-hybridized carbons (Fsp3) is 0.421. The van der Waals surface area contributed by atoms with Gasteiger partial charge < -0.3 is 19.3 Å². The normalized spacial score (nSPS) is 14.3. The Balaban J connectivity index is 2.20. The highest BCUT2D eigenvalue weighted by Crippen LogP contribution is 2.35. The van der Waals surface area contributed by atoms with E-state index in [1.54, 1.807) is 6.07 Å². The molecule has 0 aliphatic carbocycles. The van der Waals surface area contributed by atoms with E-state index < -0.39 is 0 Å². The fourth-order valence-electron chi connectivity index (χ4n) is 3.59. The van der Waals surface area contributed by atoms with Crippen molar-refractivity contribution >= 4 is 40.3 Å². The zero-order chi connectivity index (χ0) is 19.7. The van der Waals surface area contributed by atoms with Gasteiger partial charge in [-0.3, -0.25) is 0 Å². The third kappa shape index (κ3) is 3.44. The minimum atomic E-state index is -0.137. The highest BCUT2D eigenvalue weighted by atomic mass is 35.5. The highest BCUT2D eigenvalue weighted by molar-refractivity contribution is 6.35. The van der Waals surface area contributed by atoms with Gasteiger partial charge >= 0.3 is 6.02 Å². The van der Waals surface area contributed by atoms with Crippen LogP contribution in [0.15, 0.2) is 28.4 Å². The summed E-state index contributed by atoms with van der Waals surface area (Å²) in [6, 6.07) is 3.47. The quantitative estimate of drug-likeness (QED) is 0.618. The van der Waals surface area contributed by atoms with Crippen molar-refractivity contribution in [3.05, 3.63) is 34.0 Å². The summed E-state index contributed by atoms with van der Waals surface area (Å²) in [6.07, 6.45) is 0.918. The first-order valence-corrected chi connectivity index (χ1v) is 9.18. The second-order valence-corrected chi connectivity index (χ2v) is 7.09. The third-order valence-electron chi connectivity index (χ3n) is 4.63. The number of anilines is 1. The lowest BCUT2D eigenvalue weighted by molar-refractivity contribution is 0.283. The van der Waals surface area contributed by atoms with Gasteiger partial charge in [0.2, 0.25) is 5.95 Å². The summed E-state index contributed by atoms with van der Waals surface area (Å²) < 4.78 is 7.00. The molecule has 0 radical (unpaired) electrons. The Kier molecular flexibility index (Phi) is 5.53. The number of hydrogen-bond acceptors (Lipinski definition) is 5. The van der Waals surface area contributed by atoms with Gasteiger partial charge in [0.1, 0.15) is 5.52 Å². The molecule has 144 valence electrons. The van der Waals surface area contributed by atoms with Crippen molar-refractivity contribution in [2.75, 3.05) is 18.6 Å². The average Bonchev–Trinajstić information content (AvgIpc) is 3.03. The summed E-state index contributed by atoms with van der Waals surface area (Å²) >= 11 is 6.39. The van der Waals surface area contributed by atoms with Gasteiger partial charge in [0.05, 0.1) is 35.7 Å². The molecule has 1 aliphatic heterocycles. The predicted molar refractivity (Wildman–Crippen MR) is 109 cm³/mol. The van der Waals surface area contributed by atoms with E-state index in [1.165, 1.54) is 7.11 Å². The van der Waals surface area contributed by atoms with Crippen molar-refractivity contribution < 1.29 is 9.84 Å². The summed E-state index contributed by atoms with van der Waals surface area (Å²) in [5, 5.41) is 18.0. The number of amidine groups is 1. The zero-order valence-corrected chi connectivity index (χ0v) is 16.8. The number of aryl methyl sites for hydroxylation is 1. The summed E-state index contributed by atoms with van der Waals surface area (Å²) in [4.78, 5) is 11.2. The minimum absolute atomic E-state index is 0.0697. The van der Waals surface area contributed by atoms with E-state index in [0.29, 0.717) is 16.3 Å². The van der Waals surface area contributed by atoms with Crippen LogP contribution in [0.1, 0.15) is 32.8 Å². The number of nitrogens with zero attached hydrogens (tertiary/aromatic N) is 4. The van der Waals surface area contributed by atoms with Crippen molar-refractivity contribution in [1.29, 1.82) is 5.41 Å². The maximum atomic E-state index is 9.76. The van der Waals surface area contributed by atoms with Gasteiger partial charge in [0, 0.05) is 18.7 Å². The number of aliphatic imine (C=N–C) groups is 1. The number of rotatable bonds is 3. The number of hydrogen-bond donors (Lipinski definition) is 2. The van der Waals surface area contributed by atoms with Gasteiger partial charge in [-0.2, -0.15) is 4.99 Å². The number of imidazole rings is 1. The van der Waals surface area contributed by atoms with Crippen LogP contribution in [0.3, 0.4) is 0 Å². The number of allylic oxidation sites excluding steroid dienone is 2. The highest BCUT2D eigenvalue weighted by Gasteiger charge is 2.27. The molecular weight excluding hydrogens is 366 g/mol. The van der Waals surface area contributed by atoms with E-state index >= 15 is 0 Å². The molecule has 7 nitrogen and oxygen atoms in total. The Bertz CT molecular complexity index is 957. The molecule has 0 unspecified atom stereocenters. The number of aliphatic hydroxyl groups excluding tert-OH is 1. The molecular formula is C19H24ClN5O2. The van der Waals surface area contributed by atoms with E-state index in [1.807, 2.05) is 26.8 Å². The van der Waals surface area contributed by atoms with Gasteiger partial charge in [-0.25, -0.2) is 10.4 Å². The smallest absolute Gasteiger partial charge is 0.308 e.